The smallest absolute Gasteiger partial charge is 0.223 e. The molecular weight excluding hydrogens is 248 g/mol. The van der Waals surface area contributed by atoms with Crippen molar-refractivity contribution in [3.63, 3.8) is 0 Å². The Hall–Kier alpha value is -2.16. The number of hydrogen-bond donors (Lipinski definition) is 0. The number of aromatic nitrogens is 1. The van der Waals surface area contributed by atoms with E-state index in [1.807, 2.05) is 42.3 Å². The second kappa shape index (κ2) is 6.85. The van der Waals surface area contributed by atoms with Crippen LogP contribution in [-0.4, -0.2) is 22.3 Å². The standard InChI is InChI=1S/C17H20N2O/c1-3-5-8-15(4-2)16-10-17(20)19(13-16)12-14-7-6-9-18-11-14/h3-9,11,16H,1,10,12-13H2,2H3/b8-5-,15-4+. The van der Waals surface area contributed by atoms with Crippen molar-refractivity contribution in [3.8, 4) is 0 Å². The summed E-state index contributed by atoms with van der Waals surface area (Å²) in [6.45, 7) is 7.11. The van der Waals surface area contributed by atoms with Crippen LogP contribution < -0.4 is 0 Å². The summed E-state index contributed by atoms with van der Waals surface area (Å²) >= 11 is 0. The minimum Gasteiger partial charge on any atom is -0.338 e. The van der Waals surface area contributed by atoms with Crippen LogP contribution in [0.1, 0.15) is 18.9 Å². The van der Waals surface area contributed by atoms with Crippen molar-refractivity contribution in [1.82, 2.24) is 9.88 Å². The van der Waals surface area contributed by atoms with Crippen LogP contribution in [0, 0.1) is 5.92 Å². The van der Waals surface area contributed by atoms with Gasteiger partial charge in [0.05, 0.1) is 0 Å². The molecule has 1 aliphatic rings. The molecular formula is C17H20N2O. The van der Waals surface area contributed by atoms with Crippen molar-refractivity contribution >= 4 is 5.91 Å². The van der Waals surface area contributed by atoms with Gasteiger partial charge in [-0.25, -0.2) is 0 Å². The summed E-state index contributed by atoms with van der Waals surface area (Å²) in [6, 6.07) is 3.90. The number of nitrogens with zero attached hydrogens (tertiary/aromatic N) is 2. The predicted molar refractivity (Wildman–Crippen MR) is 80.9 cm³/mol. The third-order valence-electron chi connectivity index (χ3n) is 3.54. The molecule has 2 heterocycles. The van der Waals surface area contributed by atoms with Crippen LogP contribution in [0.3, 0.4) is 0 Å². The maximum absolute atomic E-state index is 12.1. The molecule has 0 saturated carbocycles. The lowest BCUT2D eigenvalue weighted by Gasteiger charge is -2.17. The van der Waals surface area contributed by atoms with Gasteiger partial charge in [0.1, 0.15) is 0 Å². The Morgan fingerprint density at radius 1 is 1.60 bits per heavy atom. The number of pyridine rings is 1. The van der Waals surface area contributed by atoms with Gasteiger partial charge in [0.2, 0.25) is 5.91 Å². The van der Waals surface area contributed by atoms with E-state index in [2.05, 4.69) is 17.6 Å². The summed E-state index contributed by atoms with van der Waals surface area (Å²) < 4.78 is 0. The summed E-state index contributed by atoms with van der Waals surface area (Å²) in [6.07, 6.45) is 11.9. The molecule has 0 bridgehead atoms. The summed E-state index contributed by atoms with van der Waals surface area (Å²) in [5, 5.41) is 0. The minimum absolute atomic E-state index is 0.213. The fourth-order valence-corrected chi connectivity index (χ4v) is 2.51. The number of rotatable bonds is 5. The van der Waals surface area contributed by atoms with Gasteiger partial charge in [0.25, 0.3) is 0 Å². The van der Waals surface area contributed by atoms with Crippen molar-refractivity contribution in [1.29, 1.82) is 0 Å². The van der Waals surface area contributed by atoms with Gasteiger partial charge in [-0.1, -0.05) is 36.9 Å². The van der Waals surface area contributed by atoms with Crippen molar-refractivity contribution in [2.24, 2.45) is 5.92 Å². The maximum Gasteiger partial charge on any atom is 0.223 e. The molecule has 1 aliphatic heterocycles. The van der Waals surface area contributed by atoms with Gasteiger partial charge in [-0.2, -0.15) is 0 Å². The second-order valence-electron chi connectivity index (χ2n) is 4.92. The quantitative estimate of drug-likeness (QED) is 0.769. The number of hydrogen-bond acceptors (Lipinski definition) is 2. The molecule has 2 rings (SSSR count). The van der Waals surface area contributed by atoms with E-state index in [4.69, 9.17) is 0 Å². The van der Waals surface area contributed by atoms with Gasteiger partial charge in [-0.3, -0.25) is 9.78 Å². The normalized spacial score (nSPS) is 19.9. The summed E-state index contributed by atoms with van der Waals surface area (Å²) in [5.74, 6) is 0.491. The third-order valence-corrected chi connectivity index (χ3v) is 3.54. The lowest BCUT2D eigenvalue weighted by Crippen LogP contribution is -2.24. The molecule has 0 aliphatic carbocycles. The van der Waals surface area contributed by atoms with Crippen LogP contribution in [0.5, 0.6) is 0 Å². The number of carbonyl (C=O) groups is 1. The zero-order valence-electron chi connectivity index (χ0n) is 11.8. The number of allylic oxidation sites excluding steroid dienone is 4. The first-order valence-electron chi connectivity index (χ1n) is 6.86. The Balaban J connectivity index is 2.03. The van der Waals surface area contributed by atoms with Crippen LogP contribution in [0.2, 0.25) is 0 Å². The van der Waals surface area contributed by atoms with E-state index in [-0.39, 0.29) is 11.8 Å². The van der Waals surface area contributed by atoms with Crippen molar-refractivity contribution in [2.75, 3.05) is 6.54 Å². The van der Waals surface area contributed by atoms with Gasteiger partial charge in [0.15, 0.2) is 0 Å². The number of amides is 1. The highest BCUT2D eigenvalue weighted by molar-refractivity contribution is 5.79. The van der Waals surface area contributed by atoms with Gasteiger partial charge in [-0.15, -0.1) is 0 Å². The topological polar surface area (TPSA) is 33.2 Å². The molecule has 1 amide bonds. The average molecular weight is 268 g/mol. The Labute approximate surface area is 120 Å². The van der Waals surface area contributed by atoms with Crippen LogP contribution in [0.15, 0.2) is 61.0 Å². The Morgan fingerprint density at radius 3 is 3.10 bits per heavy atom. The molecule has 20 heavy (non-hydrogen) atoms. The van der Waals surface area contributed by atoms with E-state index in [1.165, 1.54) is 5.57 Å². The van der Waals surface area contributed by atoms with E-state index < -0.39 is 0 Å². The first-order valence-corrected chi connectivity index (χ1v) is 6.86. The first kappa shape index (κ1) is 14.3. The highest BCUT2D eigenvalue weighted by Gasteiger charge is 2.30. The fraction of sp³-hybridized carbons (Fsp3) is 0.294. The maximum atomic E-state index is 12.1. The van der Waals surface area contributed by atoms with Crippen LogP contribution in [0.25, 0.3) is 0 Å². The molecule has 0 aromatic carbocycles. The van der Waals surface area contributed by atoms with Crippen LogP contribution in [0.4, 0.5) is 0 Å². The van der Waals surface area contributed by atoms with E-state index in [0.717, 1.165) is 12.1 Å². The average Bonchev–Trinajstić information content (AvgIpc) is 2.82. The van der Waals surface area contributed by atoms with Crippen molar-refractivity contribution < 1.29 is 4.79 Å². The highest BCUT2D eigenvalue weighted by atomic mass is 16.2. The first-order chi connectivity index (χ1) is 9.74. The van der Waals surface area contributed by atoms with Crippen molar-refractivity contribution in [2.45, 2.75) is 19.9 Å². The Kier molecular flexibility index (Phi) is 4.88. The zero-order valence-corrected chi connectivity index (χ0v) is 11.8. The fourth-order valence-electron chi connectivity index (χ4n) is 2.51. The van der Waals surface area contributed by atoms with Gasteiger partial charge >= 0.3 is 0 Å². The molecule has 1 fully saturated rings. The molecule has 0 N–H and O–H groups in total. The van der Waals surface area contributed by atoms with Crippen molar-refractivity contribution in [3.05, 3.63) is 66.5 Å². The molecule has 3 nitrogen and oxygen atoms in total. The SMILES string of the molecule is C=C/C=C\C(=C/C)C1CC(=O)N(Cc2cccnc2)C1. The van der Waals surface area contributed by atoms with Gasteiger partial charge in [0, 0.05) is 37.8 Å². The number of likely N-dealkylation sites (tertiary alicyclic amines) is 1. The highest BCUT2D eigenvalue weighted by Crippen LogP contribution is 2.27. The van der Waals surface area contributed by atoms with E-state index >= 15 is 0 Å². The third kappa shape index (κ3) is 3.44. The molecule has 1 atom stereocenters. The number of carbonyl (C=O) groups excluding carboxylic acids is 1. The summed E-state index contributed by atoms with van der Waals surface area (Å²) in [5.41, 5.74) is 2.28. The largest absolute Gasteiger partial charge is 0.338 e. The van der Waals surface area contributed by atoms with Gasteiger partial charge < -0.3 is 4.90 Å². The lowest BCUT2D eigenvalue weighted by atomic mass is 9.97. The molecule has 3 heteroatoms. The van der Waals surface area contributed by atoms with E-state index in [1.54, 1.807) is 12.3 Å². The monoisotopic (exact) mass is 268 g/mol. The lowest BCUT2D eigenvalue weighted by molar-refractivity contribution is -0.128. The Bertz CT molecular complexity index is 531. The van der Waals surface area contributed by atoms with Crippen LogP contribution >= 0.6 is 0 Å². The van der Waals surface area contributed by atoms with E-state index in [9.17, 15) is 4.79 Å². The van der Waals surface area contributed by atoms with E-state index in [0.29, 0.717) is 13.0 Å². The molecule has 1 aromatic heterocycles. The summed E-state index contributed by atoms with van der Waals surface area (Å²) in [4.78, 5) is 18.1. The second-order valence-corrected chi connectivity index (χ2v) is 4.92. The predicted octanol–water partition coefficient (Wildman–Crippen LogP) is 3.12. The molecule has 0 radical (unpaired) electrons. The van der Waals surface area contributed by atoms with Crippen LogP contribution in [-0.2, 0) is 11.3 Å². The molecule has 1 saturated heterocycles. The molecule has 1 unspecified atom stereocenters. The Morgan fingerprint density at radius 2 is 2.45 bits per heavy atom. The minimum atomic E-state index is 0.213. The van der Waals surface area contributed by atoms with Gasteiger partial charge in [-0.05, 0) is 24.1 Å². The molecule has 0 spiro atoms. The summed E-state index contributed by atoms with van der Waals surface area (Å²) in [7, 11) is 0. The zero-order chi connectivity index (χ0) is 14.4. The molecule has 104 valence electrons. The molecule has 1 aromatic rings.